The Morgan fingerprint density at radius 2 is 1.90 bits per heavy atom. The van der Waals surface area contributed by atoms with E-state index >= 15 is 0 Å². The smallest absolute Gasteiger partial charge is 0.238 e. The molecule has 0 heterocycles. The molecule has 4 nitrogen and oxygen atoms in total. The maximum atomic E-state index is 11.6. The summed E-state index contributed by atoms with van der Waals surface area (Å²) in [7, 11) is -4.43. The monoisotopic (exact) mass is 317 g/mol. The fraction of sp³-hybridized carbons (Fsp3) is 0.571. The Labute approximate surface area is 124 Å². The zero-order chi connectivity index (χ0) is 15.3. The highest BCUT2D eigenvalue weighted by Crippen LogP contribution is 2.19. The van der Waals surface area contributed by atoms with Crippen LogP contribution in [0.4, 0.5) is 0 Å². The van der Waals surface area contributed by atoms with Gasteiger partial charge in [-0.05, 0) is 43.4 Å². The first-order chi connectivity index (χ1) is 9.23. The van der Waals surface area contributed by atoms with E-state index in [2.05, 4.69) is 0 Å². The molecule has 0 aliphatic rings. The summed E-state index contributed by atoms with van der Waals surface area (Å²) in [5.74, 6) is 0.700. The molecule has 2 N–H and O–H groups in total. The van der Waals surface area contributed by atoms with Crippen molar-refractivity contribution in [3.63, 3.8) is 0 Å². The first-order valence-electron chi connectivity index (χ1n) is 6.72. The predicted molar refractivity (Wildman–Crippen MR) is 83.6 cm³/mol. The minimum absolute atomic E-state index is 0.195. The zero-order valence-corrected chi connectivity index (χ0v) is 13.9. The van der Waals surface area contributed by atoms with Crippen LogP contribution in [-0.2, 0) is 27.2 Å². The highest BCUT2D eigenvalue weighted by atomic mass is 32.2. The minimum Gasteiger partial charge on any atom is -0.259 e. The van der Waals surface area contributed by atoms with Crippen LogP contribution in [0.1, 0.15) is 37.8 Å². The van der Waals surface area contributed by atoms with Crippen molar-refractivity contribution in [3.05, 3.63) is 29.3 Å². The minimum atomic E-state index is -3.66. The van der Waals surface area contributed by atoms with Gasteiger partial charge in [0.15, 0.2) is 0 Å². The van der Waals surface area contributed by atoms with E-state index in [-0.39, 0.29) is 10.1 Å². The van der Waals surface area contributed by atoms with Crippen LogP contribution in [0.15, 0.2) is 23.1 Å². The molecule has 1 atom stereocenters. The molecule has 0 saturated heterocycles. The lowest BCUT2D eigenvalue weighted by Crippen LogP contribution is -2.14. The van der Waals surface area contributed by atoms with Crippen LogP contribution in [0.25, 0.3) is 0 Å². The van der Waals surface area contributed by atoms with Crippen molar-refractivity contribution in [2.45, 2.75) is 50.2 Å². The van der Waals surface area contributed by atoms with Crippen molar-refractivity contribution in [2.24, 2.45) is 5.14 Å². The average Bonchev–Trinajstić information content (AvgIpc) is 2.34. The van der Waals surface area contributed by atoms with E-state index in [1.54, 1.807) is 13.0 Å². The van der Waals surface area contributed by atoms with Gasteiger partial charge < -0.3 is 0 Å². The fourth-order valence-electron chi connectivity index (χ4n) is 2.03. The van der Waals surface area contributed by atoms with Crippen molar-refractivity contribution < 1.29 is 12.6 Å². The van der Waals surface area contributed by atoms with Gasteiger partial charge in [0, 0.05) is 21.8 Å². The van der Waals surface area contributed by atoms with Gasteiger partial charge in [0.05, 0.1) is 4.90 Å². The number of hydrogen-bond donors (Lipinski definition) is 1. The number of benzene rings is 1. The van der Waals surface area contributed by atoms with Crippen molar-refractivity contribution in [2.75, 3.05) is 5.75 Å². The van der Waals surface area contributed by atoms with Gasteiger partial charge in [0.1, 0.15) is 0 Å². The van der Waals surface area contributed by atoms with Crippen LogP contribution in [-0.4, -0.2) is 23.6 Å². The number of primary sulfonamides is 1. The summed E-state index contributed by atoms with van der Waals surface area (Å²) in [6.45, 7) is 5.69. The van der Waals surface area contributed by atoms with Gasteiger partial charge >= 0.3 is 0 Å². The van der Waals surface area contributed by atoms with Crippen LogP contribution < -0.4 is 5.14 Å². The Hall–Kier alpha value is -0.720. The maximum Gasteiger partial charge on any atom is 0.238 e. The lowest BCUT2D eigenvalue weighted by Gasteiger charge is -2.10. The van der Waals surface area contributed by atoms with Crippen molar-refractivity contribution >= 4 is 20.8 Å². The van der Waals surface area contributed by atoms with E-state index in [1.165, 1.54) is 6.07 Å². The van der Waals surface area contributed by atoms with E-state index in [1.807, 2.05) is 19.9 Å². The largest absolute Gasteiger partial charge is 0.259 e. The second-order valence-electron chi connectivity index (χ2n) is 5.18. The number of aryl methyl sites for hydroxylation is 1. The third kappa shape index (κ3) is 5.00. The molecule has 0 radical (unpaired) electrons. The molecule has 0 amide bonds. The number of nitrogens with two attached hydrogens (primary N) is 1. The number of rotatable bonds is 7. The van der Waals surface area contributed by atoms with Gasteiger partial charge in [-0.3, -0.25) is 4.21 Å². The van der Waals surface area contributed by atoms with Gasteiger partial charge in [-0.25, -0.2) is 13.6 Å². The summed E-state index contributed by atoms with van der Waals surface area (Å²) in [5.41, 5.74) is 1.71. The molecular formula is C14H23NO3S2. The second-order valence-corrected chi connectivity index (χ2v) is 8.82. The molecule has 0 aromatic heterocycles. The average molecular weight is 317 g/mol. The summed E-state index contributed by atoms with van der Waals surface area (Å²) in [6, 6.07) is 5.17. The van der Waals surface area contributed by atoms with Gasteiger partial charge in [-0.2, -0.15) is 0 Å². The highest BCUT2D eigenvalue weighted by molar-refractivity contribution is 7.89. The molecule has 20 heavy (non-hydrogen) atoms. The molecule has 114 valence electrons. The van der Waals surface area contributed by atoms with Gasteiger partial charge in [-0.1, -0.05) is 26.0 Å². The Balaban J connectivity index is 2.64. The molecule has 0 aliphatic carbocycles. The molecular weight excluding hydrogens is 294 g/mol. The number of hydrogen-bond acceptors (Lipinski definition) is 3. The van der Waals surface area contributed by atoms with Crippen LogP contribution >= 0.6 is 0 Å². The molecule has 0 saturated carbocycles. The first kappa shape index (κ1) is 17.3. The van der Waals surface area contributed by atoms with E-state index in [4.69, 9.17) is 5.14 Å². The first-order valence-corrected chi connectivity index (χ1v) is 9.64. The van der Waals surface area contributed by atoms with Gasteiger partial charge in [-0.15, -0.1) is 0 Å². The summed E-state index contributed by atoms with van der Waals surface area (Å²) < 4.78 is 34.5. The van der Waals surface area contributed by atoms with Gasteiger partial charge in [0.2, 0.25) is 10.0 Å². The Bertz CT molecular complexity index is 580. The highest BCUT2D eigenvalue weighted by Gasteiger charge is 2.13. The zero-order valence-electron chi connectivity index (χ0n) is 12.3. The molecule has 0 bridgehead atoms. The maximum absolute atomic E-state index is 11.6. The summed E-state index contributed by atoms with van der Waals surface area (Å²) >= 11 is 0. The SMILES string of the molecule is Cc1c(CCCCS(=O)C(C)C)cccc1S(N)(=O)=O. The van der Waals surface area contributed by atoms with Crippen molar-refractivity contribution in [3.8, 4) is 0 Å². The van der Waals surface area contributed by atoms with E-state index in [9.17, 15) is 12.6 Å². The van der Waals surface area contributed by atoms with Crippen LogP contribution in [0.2, 0.25) is 0 Å². The summed E-state index contributed by atoms with van der Waals surface area (Å²) in [5, 5.41) is 5.38. The molecule has 0 fully saturated rings. The standard InChI is InChI=1S/C14H23NO3S2/c1-11(2)19(16)10-5-4-7-13-8-6-9-14(12(13)3)20(15,17)18/h6,8-9,11H,4-5,7,10H2,1-3H3,(H2,15,17,18). The van der Waals surface area contributed by atoms with Gasteiger partial charge in [0.25, 0.3) is 0 Å². The quantitative estimate of drug-likeness (QED) is 0.783. The molecule has 0 spiro atoms. The molecule has 6 heteroatoms. The predicted octanol–water partition coefficient (Wildman–Crippen LogP) is 2.12. The lowest BCUT2D eigenvalue weighted by molar-refractivity contribution is 0.597. The Morgan fingerprint density at radius 3 is 2.45 bits per heavy atom. The number of sulfonamides is 1. The molecule has 1 rings (SSSR count). The summed E-state index contributed by atoms with van der Waals surface area (Å²) in [6.07, 6.45) is 2.56. The van der Waals surface area contributed by atoms with Crippen molar-refractivity contribution in [1.29, 1.82) is 0 Å². The fourth-order valence-corrected chi connectivity index (χ4v) is 3.82. The summed E-state index contributed by atoms with van der Waals surface area (Å²) in [4.78, 5) is 0.195. The third-order valence-corrected chi connectivity index (χ3v) is 6.07. The van der Waals surface area contributed by atoms with E-state index < -0.39 is 20.8 Å². The lowest BCUT2D eigenvalue weighted by atomic mass is 10.0. The Morgan fingerprint density at radius 1 is 1.25 bits per heavy atom. The third-order valence-electron chi connectivity index (χ3n) is 3.27. The van der Waals surface area contributed by atoms with Crippen molar-refractivity contribution in [1.82, 2.24) is 0 Å². The Kier molecular flexibility index (Phi) is 6.36. The molecule has 0 aliphatic heterocycles. The van der Waals surface area contributed by atoms with E-state index in [0.29, 0.717) is 5.75 Å². The normalized spacial score (nSPS) is 13.7. The molecule has 1 aromatic rings. The second kappa shape index (κ2) is 7.33. The van der Waals surface area contributed by atoms with Crippen LogP contribution in [0.3, 0.4) is 0 Å². The number of unbranched alkanes of at least 4 members (excludes halogenated alkanes) is 1. The molecule has 1 aromatic carbocycles. The van der Waals surface area contributed by atoms with Crippen LogP contribution in [0.5, 0.6) is 0 Å². The van der Waals surface area contributed by atoms with Crippen LogP contribution in [0, 0.1) is 6.92 Å². The topological polar surface area (TPSA) is 77.2 Å². The molecule has 1 unspecified atom stereocenters. The van der Waals surface area contributed by atoms with E-state index in [0.717, 1.165) is 30.4 Å².